The molecule has 1 heterocycles. The smallest absolute Gasteiger partial charge is 0.179 e. The maximum absolute atomic E-state index is 12.6. The number of carbonyl (C=O) groups is 1. The van der Waals surface area contributed by atoms with Crippen LogP contribution in [0.5, 0.6) is 11.5 Å². The number of likely N-dealkylation sites (tertiary alicyclic amines) is 1. The first-order valence-electron chi connectivity index (χ1n) is 7.85. The Balaban J connectivity index is 2.18. The van der Waals surface area contributed by atoms with Gasteiger partial charge in [0, 0.05) is 5.56 Å². The quantitative estimate of drug-likeness (QED) is 0.723. The van der Waals surface area contributed by atoms with Crippen LogP contribution in [0.4, 0.5) is 0 Å². The lowest BCUT2D eigenvalue weighted by atomic mass is 10.0. The zero-order chi connectivity index (χ0) is 15.2. The fourth-order valence-corrected chi connectivity index (χ4v) is 2.74. The van der Waals surface area contributed by atoms with Gasteiger partial charge < -0.3 is 9.47 Å². The topological polar surface area (TPSA) is 38.8 Å². The highest BCUT2D eigenvalue weighted by Gasteiger charge is 2.25. The molecular weight excluding hydrogens is 266 g/mol. The van der Waals surface area contributed by atoms with Gasteiger partial charge in [-0.25, -0.2) is 0 Å². The van der Waals surface area contributed by atoms with Crippen LogP contribution in [-0.4, -0.2) is 43.0 Å². The molecule has 0 N–H and O–H groups in total. The SMILES string of the molecule is CCOc1ccc(C(=O)C(C)N2CCCC2)cc1OCC. The highest BCUT2D eigenvalue weighted by molar-refractivity contribution is 6.00. The Morgan fingerprint density at radius 1 is 1.14 bits per heavy atom. The minimum absolute atomic E-state index is 0.0695. The summed E-state index contributed by atoms with van der Waals surface area (Å²) < 4.78 is 11.1. The predicted octanol–water partition coefficient (Wildman–Crippen LogP) is 3.15. The van der Waals surface area contributed by atoms with Crippen molar-refractivity contribution in [3.8, 4) is 11.5 Å². The minimum Gasteiger partial charge on any atom is -0.490 e. The van der Waals surface area contributed by atoms with Gasteiger partial charge in [0.15, 0.2) is 17.3 Å². The van der Waals surface area contributed by atoms with Crippen molar-refractivity contribution < 1.29 is 14.3 Å². The van der Waals surface area contributed by atoms with Crippen molar-refractivity contribution in [1.82, 2.24) is 4.90 Å². The molecule has 2 rings (SSSR count). The maximum Gasteiger partial charge on any atom is 0.179 e. The van der Waals surface area contributed by atoms with Crippen LogP contribution in [0.15, 0.2) is 18.2 Å². The van der Waals surface area contributed by atoms with Crippen LogP contribution in [0, 0.1) is 0 Å². The first-order chi connectivity index (χ1) is 10.2. The number of Topliss-reactive ketones (excluding diaryl/α,β-unsaturated/α-hetero) is 1. The summed E-state index contributed by atoms with van der Waals surface area (Å²) in [6.07, 6.45) is 2.37. The Kier molecular flexibility index (Phi) is 5.62. The van der Waals surface area contributed by atoms with Crippen molar-refractivity contribution in [2.75, 3.05) is 26.3 Å². The predicted molar refractivity (Wildman–Crippen MR) is 83.4 cm³/mol. The lowest BCUT2D eigenvalue weighted by molar-refractivity contribution is 0.0866. The largest absolute Gasteiger partial charge is 0.490 e. The molecule has 1 fully saturated rings. The van der Waals surface area contributed by atoms with Crippen molar-refractivity contribution in [3.63, 3.8) is 0 Å². The molecule has 1 aromatic carbocycles. The molecule has 1 aliphatic heterocycles. The summed E-state index contributed by atoms with van der Waals surface area (Å²) in [5, 5.41) is 0. The van der Waals surface area contributed by atoms with Crippen LogP contribution in [0.25, 0.3) is 0 Å². The first kappa shape index (κ1) is 15.8. The summed E-state index contributed by atoms with van der Waals surface area (Å²) in [7, 11) is 0. The Hall–Kier alpha value is -1.55. The molecule has 1 saturated heterocycles. The van der Waals surface area contributed by atoms with E-state index in [1.165, 1.54) is 12.8 Å². The number of hydrogen-bond donors (Lipinski definition) is 0. The van der Waals surface area contributed by atoms with Gasteiger partial charge >= 0.3 is 0 Å². The second-order valence-corrected chi connectivity index (χ2v) is 5.31. The number of rotatable bonds is 7. The van der Waals surface area contributed by atoms with Crippen LogP contribution in [0.2, 0.25) is 0 Å². The minimum atomic E-state index is -0.0695. The monoisotopic (exact) mass is 291 g/mol. The molecule has 0 spiro atoms. The van der Waals surface area contributed by atoms with Gasteiger partial charge in [-0.15, -0.1) is 0 Å². The van der Waals surface area contributed by atoms with Crippen molar-refractivity contribution in [2.45, 2.75) is 39.7 Å². The van der Waals surface area contributed by atoms with E-state index in [0.29, 0.717) is 30.3 Å². The van der Waals surface area contributed by atoms with Crippen LogP contribution >= 0.6 is 0 Å². The molecular formula is C17H25NO3. The third-order valence-electron chi connectivity index (χ3n) is 3.90. The van der Waals surface area contributed by atoms with E-state index >= 15 is 0 Å². The molecule has 0 bridgehead atoms. The van der Waals surface area contributed by atoms with Crippen molar-refractivity contribution in [1.29, 1.82) is 0 Å². The van der Waals surface area contributed by atoms with E-state index in [-0.39, 0.29) is 11.8 Å². The molecule has 0 radical (unpaired) electrons. The second kappa shape index (κ2) is 7.46. The van der Waals surface area contributed by atoms with E-state index < -0.39 is 0 Å². The molecule has 0 amide bonds. The molecule has 1 unspecified atom stereocenters. The van der Waals surface area contributed by atoms with Gasteiger partial charge in [0.25, 0.3) is 0 Å². The molecule has 4 heteroatoms. The van der Waals surface area contributed by atoms with Gasteiger partial charge in [0.05, 0.1) is 19.3 Å². The van der Waals surface area contributed by atoms with Gasteiger partial charge in [-0.1, -0.05) is 0 Å². The van der Waals surface area contributed by atoms with Crippen molar-refractivity contribution in [3.05, 3.63) is 23.8 Å². The van der Waals surface area contributed by atoms with E-state index in [4.69, 9.17) is 9.47 Å². The average molecular weight is 291 g/mol. The van der Waals surface area contributed by atoms with Gasteiger partial charge in [-0.05, 0) is 64.9 Å². The Labute approximate surface area is 127 Å². The number of benzene rings is 1. The van der Waals surface area contributed by atoms with Gasteiger partial charge in [-0.3, -0.25) is 9.69 Å². The Bertz CT molecular complexity index is 481. The van der Waals surface area contributed by atoms with Crippen LogP contribution in [0.1, 0.15) is 44.0 Å². The first-order valence-corrected chi connectivity index (χ1v) is 7.85. The third kappa shape index (κ3) is 3.76. The normalized spacial score (nSPS) is 16.7. The molecule has 0 aliphatic carbocycles. The summed E-state index contributed by atoms with van der Waals surface area (Å²) in [5.74, 6) is 1.50. The highest BCUT2D eigenvalue weighted by Crippen LogP contribution is 2.29. The molecule has 1 atom stereocenters. The Morgan fingerprint density at radius 2 is 1.76 bits per heavy atom. The van der Waals surface area contributed by atoms with E-state index in [1.807, 2.05) is 39.0 Å². The lowest BCUT2D eigenvalue weighted by Crippen LogP contribution is -2.36. The summed E-state index contributed by atoms with van der Waals surface area (Å²) in [6.45, 7) is 9.02. The number of carbonyl (C=O) groups excluding carboxylic acids is 1. The summed E-state index contributed by atoms with van der Waals surface area (Å²) in [4.78, 5) is 14.9. The van der Waals surface area contributed by atoms with E-state index in [2.05, 4.69) is 4.90 Å². The van der Waals surface area contributed by atoms with Crippen LogP contribution < -0.4 is 9.47 Å². The standard InChI is InChI=1S/C17H25NO3/c1-4-20-15-9-8-14(12-16(15)21-5-2)17(19)13(3)18-10-6-7-11-18/h8-9,12-13H,4-7,10-11H2,1-3H3. The number of hydrogen-bond acceptors (Lipinski definition) is 4. The summed E-state index contributed by atoms with van der Waals surface area (Å²) >= 11 is 0. The van der Waals surface area contributed by atoms with Gasteiger partial charge in [-0.2, -0.15) is 0 Å². The Morgan fingerprint density at radius 3 is 2.38 bits per heavy atom. The summed E-state index contributed by atoms with van der Waals surface area (Å²) in [6, 6.07) is 5.41. The fourth-order valence-electron chi connectivity index (χ4n) is 2.74. The van der Waals surface area contributed by atoms with Crippen LogP contribution in [0.3, 0.4) is 0 Å². The van der Waals surface area contributed by atoms with Crippen molar-refractivity contribution in [2.24, 2.45) is 0 Å². The highest BCUT2D eigenvalue weighted by atomic mass is 16.5. The molecule has 21 heavy (non-hydrogen) atoms. The zero-order valence-corrected chi connectivity index (χ0v) is 13.2. The lowest BCUT2D eigenvalue weighted by Gasteiger charge is -2.22. The zero-order valence-electron chi connectivity index (χ0n) is 13.2. The molecule has 4 nitrogen and oxygen atoms in total. The molecule has 1 aliphatic rings. The average Bonchev–Trinajstić information content (AvgIpc) is 3.02. The fraction of sp³-hybridized carbons (Fsp3) is 0.588. The number of nitrogens with zero attached hydrogens (tertiary/aromatic N) is 1. The van der Waals surface area contributed by atoms with E-state index in [0.717, 1.165) is 13.1 Å². The van der Waals surface area contributed by atoms with Crippen LogP contribution in [-0.2, 0) is 0 Å². The van der Waals surface area contributed by atoms with E-state index in [1.54, 1.807) is 0 Å². The van der Waals surface area contributed by atoms with Gasteiger partial charge in [0.2, 0.25) is 0 Å². The number of ether oxygens (including phenoxy) is 2. The number of ketones is 1. The maximum atomic E-state index is 12.6. The third-order valence-corrected chi connectivity index (χ3v) is 3.90. The molecule has 0 saturated carbocycles. The molecule has 0 aromatic heterocycles. The molecule has 116 valence electrons. The summed E-state index contributed by atoms with van der Waals surface area (Å²) in [5.41, 5.74) is 0.696. The van der Waals surface area contributed by atoms with Crippen molar-refractivity contribution >= 4 is 5.78 Å². The second-order valence-electron chi connectivity index (χ2n) is 5.31. The molecule has 1 aromatic rings. The van der Waals surface area contributed by atoms with Gasteiger partial charge in [0.1, 0.15) is 0 Å². The van der Waals surface area contributed by atoms with E-state index in [9.17, 15) is 4.79 Å².